The van der Waals surface area contributed by atoms with Gasteiger partial charge >= 0.3 is 12.0 Å². The Hall–Kier alpha value is -2.33. The Balaban J connectivity index is 1.56. The van der Waals surface area contributed by atoms with Crippen molar-refractivity contribution >= 4 is 40.2 Å². The van der Waals surface area contributed by atoms with Gasteiger partial charge in [0.2, 0.25) is 0 Å². The van der Waals surface area contributed by atoms with Crippen LogP contribution in [0.4, 0.5) is 14.3 Å². The number of thioether (sulfide) groups is 1. The average Bonchev–Trinajstić information content (AvgIpc) is 3.20. The number of carbonyl (C=O) groups is 2. The maximum Gasteiger partial charge on any atom is 0.323 e. The molecule has 0 bridgehead atoms. The number of amides is 2. The van der Waals surface area contributed by atoms with Crippen molar-refractivity contribution in [3.8, 4) is 5.75 Å². The second-order valence-corrected chi connectivity index (χ2v) is 10.2. The first-order chi connectivity index (χ1) is 15.4. The molecule has 1 fully saturated rings. The standard InChI is InChI=1S/C22H28FN3O4S2/c1-15-6-8-17(9-7-15)26(10-3-11-30-18-5-2-4-16(23)12-18)22(29)25-21-24-13-20(32-21)31-14-19(27)28/h2,4-5,12-13,15,17H,3,6-11,14H2,1H3,(H,27,28)(H,24,25,29)/t15-,17-. The van der Waals surface area contributed by atoms with Gasteiger partial charge in [0.15, 0.2) is 5.13 Å². The zero-order valence-corrected chi connectivity index (χ0v) is 19.6. The molecule has 1 aromatic heterocycles. The highest BCUT2D eigenvalue weighted by Crippen LogP contribution is 2.30. The molecule has 1 aromatic carbocycles. The van der Waals surface area contributed by atoms with Crippen molar-refractivity contribution in [1.29, 1.82) is 0 Å². The fraction of sp³-hybridized carbons (Fsp3) is 0.500. The average molecular weight is 482 g/mol. The highest BCUT2D eigenvalue weighted by molar-refractivity contribution is 8.01. The fourth-order valence-electron chi connectivity index (χ4n) is 3.67. The fourth-order valence-corrected chi connectivity index (χ4v) is 5.25. The number of benzene rings is 1. The minimum atomic E-state index is -0.896. The number of aliphatic carboxylic acids is 1. The smallest absolute Gasteiger partial charge is 0.323 e. The molecule has 3 rings (SSSR count). The third kappa shape index (κ3) is 7.67. The van der Waals surface area contributed by atoms with Crippen molar-refractivity contribution in [3.05, 3.63) is 36.3 Å². The van der Waals surface area contributed by atoms with Crippen molar-refractivity contribution < 1.29 is 23.8 Å². The third-order valence-electron chi connectivity index (χ3n) is 5.33. The summed E-state index contributed by atoms with van der Waals surface area (Å²) in [6, 6.07) is 5.96. The lowest BCUT2D eigenvalue weighted by molar-refractivity contribution is -0.133. The minimum Gasteiger partial charge on any atom is -0.493 e. The molecule has 0 saturated heterocycles. The van der Waals surface area contributed by atoms with Crippen LogP contribution >= 0.6 is 23.1 Å². The number of hydrogen-bond acceptors (Lipinski definition) is 6. The van der Waals surface area contributed by atoms with E-state index in [1.807, 2.05) is 4.90 Å². The van der Waals surface area contributed by atoms with Crippen molar-refractivity contribution in [2.75, 3.05) is 24.2 Å². The van der Waals surface area contributed by atoms with Crippen LogP contribution in [0.3, 0.4) is 0 Å². The van der Waals surface area contributed by atoms with E-state index in [9.17, 15) is 14.0 Å². The first-order valence-electron chi connectivity index (χ1n) is 10.7. The molecule has 1 heterocycles. The zero-order valence-electron chi connectivity index (χ0n) is 18.0. The number of aromatic nitrogens is 1. The number of carbonyl (C=O) groups excluding carboxylic acids is 1. The van der Waals surface area contributed by atoms with Crippen molar-refractivity contribution in [2.45, 2.75) is 49.3 Å². The highest BCUT2D eigenvalue weighted by atomic mass is 32.2. The van der Waals surface area contributed by atoms with Gasteiger partial charge in [-0.25, -0.2) is 14.2 Å². The second kappa shape index (κ2) is 12.1. The molecule has 1 aliphatic rings. The molecular weight excluding hydrogens is 453 g/mol. The Morgan fingerprint density at radius 2 is 2.12 bits per heavy atom. The number of nitrogens with zero attached hydrogens (tertiary/aromatic N) is 2. The van der Waals surface area contributed by atoms with Crippen LogP contribution < -0.4 is 10.1 Å². The van der Waals surface area contributed by atoms with E-state index in [0.29, 0.717) is 36.4 Å². The van der Waals surface area contributed by atoms with Crippen molar-refractivity contribution in [3.63, 3.8) is 0 Å². The van der Waals surface area contributed by atoms with Crippen molar-refractivity contribution in [1.82, 2.24) is 9.88 Å². The Morgan fingerprint density at radius 3 is 2.84 bits per heavy atom. The largest absolute Gasteiger partial charge is 0.493 e. The lowest BCUT2D eigenvalue weighted by atomic mass is 9.86. The molecule has 1 aliphatic carbocycles. The van der Waals surface area contributed by atoms with Gasteiger partial charge in [-0.1, -0.05) is 24.3 Å². The van der Waals surface area contributed by atoms with E-state index >= 15 is 0 Å². The normalized spacial score (nSPS) is 18.2. The minimum absolute atomic E-state index is 0.0483. The molecule has 0 unspecified atom stereocenters. The highest BCUT2D eigenvalue weighted by Gasteiger charge is 2.28. The number of halogens is 1. The SMILES string of the molecule is C[C@H]1CC[C@H](N(CCCOc2cccc(F)c2)C(=O)Nc2ncc(SCC(=O)O)s2)CC1. The molecule has 0 atom stereocenters. The molecular formula is C22H28FN3O4S2. The molecule has 1 saturated carbocycles. The van der Waals surface area contributed by atoms with Crippen LogP contribution in [0.5, 0.6) is 5.75 Å². The van der Waals surface area contributed by atoms with Crippen LogP contribution in [0.25, 0.3) is 0 Å². The molecule has 32 heavy (non-hydrogen) atoms. The maximum absolute atomic E-state index is 13.3. The lowest BCUT2D eigenvalue weighted by Crippen LogP contribution is -2.45. The third-order valence-corrected chi connectivity index (χ3v) is 7.42. The number of hydrogen-bond donors (Lipinski definition) is 2. The summed E-state index contributed by atoms with van der Waals surface area (Å²) in [6.45, 7) is 3.13. The topological polar surface area (TPSA) is 91.8 Å². The van der Waals surface area contributed by atoms with Gasteiger partial charge in [0.25, 0.3) is 0 Å². The lowest BCUT2D eigenvalue weighted by Gasteiger charge is -2.36. The summed E-state index contributed by atoms with van der Waals surface area (Å²) in [5.74, 6) is -0.147. The molecule has 7 nitrogen and oxygen atoms in total. The molecule has 174 valence electrons. The summed E-state index contributed by atoms with van der Waals surface area (Å²) in [5.41, 5.74) is 0. The van der Waals surface area contributed by atoms with Gasteiger partial charge in [-0.15, -0.1) is 11.8 Å². The molecule has 2 aromatic rings. The number of rotatable bonds is 10. The van der Waals surface area contributed by atoms with Gasteiger partial charge in [-0.2, -0.15) is 0 Å². The molecule has 2 amide bonds. The molecule has 0 radical (unpaired) electrons. The Bertz CT molecular complexity index is 903. The summed E-state index contributed by atoms with van der Waals surface area (Å²) >= 11 is 2.44. The van der Waals surface area contributed by atoms with Crippen LogP contribution in [0, 0.1) is 11.7 Å². The molecule has 10 heteroatoms. The molecule has 0 spiro atoms. The predicted molar refractivity (Wildman–Crippen MR) is 124 cm³/mol. The maximum atomic E-state index is 13.3. The van der Waals surface area contributed by atoms with E-state index in [4.69, 9.17) is 9.84 Å². The van der Waals surface area contributed by atoms with E-state index in [2.05, 4.69) is 17.2 Å². The quantitative estimate of drug-likeness (QED) is 0.352. The number of urea groups is 1. The van der Waals surface area contributed by atoms with E-state index in [1.54, 1.807) is 18.3 Å². The van der Waals surface area contributed by atoms with Gasteiger partial charge in [0.05, 0.1) is 22.8 Å². The number of carboxylic acid groups (broad SMARTS) is 1. The van der Waals surface area contributed by atoms with Gasteiger partial charge in [-0.05, 0) is 50.2 Å². The first kappa shape index (κ1) is 24.3. The Morgan fingerprint density at radius 1 is 1.34 bits per heavy atom. The summed E-state index contributed by atoms with van der Waals surface area (Å²) in [4.78, 5) is 29.9. The number of anilines is 1. The molecule has 2 N–H and O–H groups in total. The summed E-state index contributed by atoms with van der Waals surface area (Å²) in [7, 11) is 0. The van der Waals surface area contributed by atoms with E-state index in [-0.39, 0.29) is 23.6 Å². The van der Waals surface area contributed by atoms with Gasteiger partial charge < -0.3 is 14.7 Å². The Labute approximate surface area is 195 Å². The monoisotopic (exact) mass is 481 g/mol. The zero-order chi connectivity index (χ0) is 22.9. The number of thiazole rings is 1. The Kier molecular flexibility index (Phi) is 9.16. The van der Waals surface area contributed by atoms with Crippen molar-refractivity contribution in [2.24, 2.45) is 5.92 Å². The van der Waals surface area contributed by atoms with E-state index < -0.39 is 5.97 Å². The number of nitrogens with one attached hydrogen (secondary N) is 1. The van der Waals surface area contributed by atoms with Gasteiger partial charge in [0.1, 0.15) is 11.6 Å². The van der Waals surface area contributed by atoms with Crippen LogP contribution in [0.1, 0.15) is 39.0 Å². The van der Waals surface area contributed by atoms with Crippen LogP contribution in [0.2, 0.25) is 0 Å². The van der Waals surface area contributed by atoms with Gasteiger partial charge in [0, 0.05) is 18.7 Å². The second-order valence-electron chi connectivity index (χ2n) is 7.86. The van der Waals surface area contributed by atoms with Crippen LogP contribution in [-0.4, -0.2) is 51.9 Å². The molecule has 0 aliphatic heterocycles. The van der Waals surface area contributed by atoms with Crippen LogP contribution in [0.15, 0.2) is 34.7 Å². The van der Waals surface area contributed by atoms with E-state index in [1.165, 1.54) is 35.2 Å². The summed E-state index contributed by atoms with van der Waals surface area (Å²) in [6.07, 6.45) is 6.28. The number of carboxylic acids is 1. The first-order valence-corrected chi connectivity index (χ1v) is 12.5. The number of ether oxygens (including phenoxy) is 1. The van der Waals surface area contributed by atoms with E-state index in [0.717, 1.165) is 29.9 Å². The van der Waals surface area contributed by atoms with Gasteiger partial charge in [-0.3, -0.25) is 10.1 Å². The predicted octanol–water partition coefficient (Wildman–Crippen LogP) is 5.34. The summed E-state index contributed by atoms with van der Waals surface area (Å²) < 4.78 is 19.7. The summed E-state index contributed by atoms with van der Waals surface area (Å²) in [5, 5.41) is 12.1. The van der Waals surface area contributed by atoms with Crippen LogP contribution in [-0.2, 0) is 4.79 Å².